The van der Waals surface area contributed by atoms with Gasteiger partial charge in [-0.25, -0.2) is 0 Å². The maximum Gasteiger partial charge on any atom is 0.306 e. The number of carboxylic acids is 1. The minimum atomic E-state index is -0.995. The van der Waals surface area contributed by atoms with Gasteiger partial charge in [-0.15, -0.1) is 0 Å². The highest BCUT2D eigenvalue weighted by Gasteiger charge is 2.70. The second kappa shape index (κ2) is 8.99. The van der Waals surface area contributed by atoms with Crippen molar-refractivity contribution >= 4 is 17.5 Å². The summed E-state index contributed by atoms with van der Waals surface area (Å²) in [5.74, 6) is -2.17. The number of Topliss-reactive ketones (excluding diaryl/α,β-unsaturated/α-hetero) is 2. The summed E-state index contributed by atoms with van der Waals surface area (Å²) in [6.45, 7) is 13.7. The van der Waals surface area contributed by atoms with Crippen LogP contribution in [0.4, 0.5) is 0 Å². The number of carboxylic acid groups (broad SMARTS) is 1. The predicted molar refractivity (Wildman–Crippen MR) is 138 cm³/mol. The summed E-state index contributed by atoms with van der Waals surface area (Å²) < 4.78 is 0. The maximum absolute atomic E-state index is 14.1. The Balaban J connectivity index is 1.74. The van der Waals surface area contributed by atoms with E-state index >= 15 is 0 Å². The number of aliphatic carboxylic acids is 1. The van der Waals surface area contributed by atoms with Crippen molar-refractivity contribution in [3.05, 3.63) is 11.1 Å². The van der Waals surface area contributed by atoms with Crippen LogP contribution in [0.5, 0.6) is 0 Å². The van der Waals surface area contributed by atoms with Crippen LogP contribution in [0, 0.1) is 45.3 Å². The van der Waals surface area contributed by atoms with Crippen LogP contribution < -0.4 is 0 Å². The Bertz CT molecular complexity index is 1030. The van der Waals surface area contributed by atoms with Gasteiger partial charge in [0.25, 0.3) is 0 Å². The molecule has 0 aromatic carbocycles. The zero-order valence-electron chi connectivity index (χ0n) is 23.5. The van der Waals surface area contributed by atoms with Gasteiger partial charge in [-0.1, -0.05) is 48.5 Å². The molecule has 0 aromatic rings. The van der Waals surface area contributed by atoms with Crippen LogP contribution in [-0.2, 0) is 14.4 Å². The number of aliphatic hydroxyl groups excluding tert-OH is 3. The molecule has 0 radical (unpaired) electrons. The smallest absolute Gasteiger partial charge is 0.306 e. The predicted octanol–water partition coefficient (Wildman–Crippen LogP) is 3.92. The first-order valence-electron chi connectivity index (χ1n) is 14.0. The first kappa shape index (κ1) is 28.4. The molecule has 0 heterocycles. The van der Waals surface area contributed by atoms with Crippen LogP contribution in [0.3, 0.4) is 0 Å². The Morgan fingerprint density at radius 1 is 0.973 bits per heavy atom. The van der Waals surface area contributed by atoms with E-state index in [2.05, 4.69) is 6.92 Å². The van der Waals surface area contributed by atoms with E-state index in [1.807, 2.05) is 34.6 Å². The van der Waals surface area contributed by atoms with Gasteiger partial charge >= 0.3 is 5.97 Å². The van der Waals surface area contributed by atoms with Gasteiger partial charge in [0, 0.05) is 30.3 Å². The molecule has 0 bridgehead atoms. The lowest BCUT2D eigenvalue weighted by Crippen LogP contribution is -2.61. The average molecular weight is 519 g/mol. The molecule has 2 unspecified atom stereocenters. The summed E-state index contributed by atoms with van der Waals surface area (Å²) in [5, 5.41) is 43.3. The summed E-state index contributed by atoms with van der Waals surface area (Å²) in [5.41, 5.74) is -1.03. The lowest BCUT2D eigenvalue weighted by molar-refractivity contribution is -0.143. The highest BCUT2D eigenvalue weighted by atomic mass is 16.4. The summed E-state index contributed by atoms with van der Waals surface area (Å²) in [6, 6.07) is 0. The van der Waals surface area contributed by atoms with E-state index in [1.165, 1.54) is 6.92 Å². The van der Waals surface area contributed by atoms with E-state index in [-0.39, 0.29) is 48.6 Å². The molecule has 0 spiro atoms. The molecule has 4 aliphatic carbocycles. The Labute approximate surface area is 220 Å². The van der Waals surface area contributed by atoms with Gasteiger partial charge in [-0.3, -0.25) is 14.4 Å². The second-order valence-corrected chi connectivity index (χ2v) is 14.1. The van der Waals surface area contributed by atoms with Crippen molar-refractivity contribution in [1.29, 1.82) is 0 Å². The van der Waals surface area contributed by atoms with Crippen molar-refractivity contribution in [2.45, 2.75) is 112 Å². The summed E-state index contributed by atoms with van der Waals surface area (Å²) in [6.07, 6.45) is 0.391. The fraction of sp³-hybridized carbons (Fsp3) is 0.833. The molecule has 2 fully saturated rings. The molecule has 4 N–H and O–H groups in total. The lowest BCUT2D eigenvalue weighted by atomic mass is 9.42. The molecule has 7 nitrogen and oxygen atoms in total. The van der Waals surface area contributed by atoms with Crippen molar-refractivity contribution in [3.63, 3.8) is 0 Å². The van der Waals surface area contributed by atoms with Crippen molar-refractivity contribution < 1.29 is 34.8 Å². The highest BCUT2D eigenvalue weighted by molar-refractivity contribution is 6.00. The molecule has 37 heavy (non-hydrogen) atoms. The third kappa shape index (κ3) is 3.89. The summed E-state index contributed by atoms with van der Waals surface area (Å²) in [7, 11) is 0. The van der Waals surface area contributed by atoms with Crippen LogP contribution in [0.2, 0.25) is 0 Å². The number of ketones is 2. The van der Waals surface area contributed by atoms with Crippen LogP contribution in [0.15, 0.2) is 11.1 Å². The van der Waals surface area contributed by atoms with Crippen LogP contribution >= 0.6 is 0 Å². The lowest BCUT2D eigenvalue weighted by Gasteiger charge is -2.62. The molecule has 0 saturated heterocycles. The van der Waals surface area contributed by atoms with Crippen molar-refractivity contribution in [1.82, 2.24) is 0 Å². The van der Waals surface area contributed by atoms with E-state index in [4.69, 9.17) is 0 Å². The molecule has 10 atom stereocenters. The number of fused-ring (bicyclic) bond motifs is 4. The number of rotatable bonds is 6. The normalized spacial score (nSPS) is 44.5. The third-order valence-corrected chi connectivity index (χ3v) is 11.8. The van der Waals surface area contributed by atoms with Gasteiger partial charge in [0.05, 0.1) is 24.2 Å². The molecule has 0 aromatic heterocycles. The summed E-state index contributed by atoms with van der Waals surface area (Å²) >= 11 is 0. The molecule has 2 saturated carbocycles. The fourth-order valence-electron chi connectivity index (χ4n) is 9.39. The average Bonchev–Trinajstić information content (AvgIpc) is 2.99. The number of allylic oxidation sites excluding steroid dienone is 1. The van der Waals surface area contributed by atoms with Gasteiger partial charge in [0.2, 0.25) is 0 Å². The Morgan fingerprint density at radius 3 is 2.19 bits per heavy atom. The van der Waals surface area contributed by atoms with Gasteiger partial charge in [0.1, 0.15) is 5.78 Å². The SMILES string of the molecule is CC(CC(=O)CC(C)[C@H]1C[C@H](O)[C@@]2(C)C3=C(C(=O)C[C@]12C)[C@@]1(C)CC[C@H](O)C(C)(C)[C@@H]1C[C@@H]3O)C(=O)O. The van der Waals surface area contributed by atoms with Gasteiger partial charge < -0.3 is 20.4 Å². The van der Waals surface area contributed by atoms with E-state index in [0.717, 1.165) is 0 Å². The van der Waals surface area contributed by atoms with Crippen LogP contribution in [0.25, 0.3) is 0 Å². The maximum atomic E-state index is 14.1. The molecule has 0 amide bonds. The third-order valence-electron chi connectivity index (χ3n) is 11.8. The zero-order valence-corrected chi connectivity index (χ0v) is 23.5. The number of hydrogen-bond acceptors (Lipinski definition) is 6. The topological polar surface area (TPSA) is 132 Å². The van der Waals surface area contributed by atoms with Gasteiger partial charge in [-0.2, -0.15) is 0 Å². The number of aliphatic hydroxyl groups is 3. The molecular formula is C30H46O7. The zero-order chi connectivity index (χ0) is 27.9. The van der Waals surface area contributed by atoms with Crippen LogP contribution in [0.1, 0.15) is 93.4 Å². The Kier molecular flexibility index (Phi) is 6.91. The number of carbonyl (C=O) groups is 3. The second-order valence-electron chi connectivity index (χ2n) is 14.1. The number of carbonyl (C=O) groups excluding carboxylic acids is 2. The van der Waals surface area contributed by atoms with E-state index < -0.39 is 51.9 Å². The van der Waals surface area contributed by atoms with Crippen LogP contribution in [-0.4, -0.2) is 56.3 Å². The monoisotopic (exact) mass is 518 g/mol. The molecule has 0 aliphatic heterocycles. The minimum absolute atomic E-state index is 0.0190. The fourth-order valence-corrected chi connectivity index (χ4v) is 9.39. The first-order valence-corrected chi connectivity index (χ1v) is 14.0. The van der Waals surface area contributed by atoms with Crippen molar-refractivity contribution in [3.8, 4) is 0 Å². The van der Waals surface area contributed by atoms with E-state index in [1.54, 1.807) is 0 Å². The first-order chi connectivity index (χ1) is 16.9. The van der Waals surface area contributed by atoms with Gasteiger partial charge in [0.15, 0.2) is 5.78 Å². The minimum Gasteiger partial charge on any atom is -0.481 e. The molecular weight excluding hydrogens is 472 g/mol. The number of hydrogen-bond donors (Lipinski definition) is 4. The molecule has 4 rings (SSSR count). The van der Waals surface area contributed by atoms with Gasteiger partial charge in [-0.05, 0) is 65.3 Å². The largest absolute Gasteiger partial charge is 0.481 e. The Hall–Kier alpha value is -1.57. The van der Waals surface area contributed by atoms with E-state index in [0.29, 0.717) is 36.8 Å². The van der Waals surface area contributed by atoms with E-state index in [9.17, 15) is 34.8 Å². The standard InChI is InChI=1S/C30H46O7/c1-15(10-17(31)11-16(2)26(36)37)18-12-23(35)30(7)25-19(32)13-21-27(3,4)22(34)8-9-28(21,5)24(25)20(33)14-29(18,30)6/h15-16,18-19,21-23,32,34-35H,8-14H2,1-7H3,(H,36,37)/t15?,16?,18-,19+,21+,22+,23+,28+,29-,30+/m1/s1. The quantitative estimate of drug-likeness (QED) is 0.419. The summed E-state index contributed by atoms with van der Waals surface area (Å²) in [4.78, 5) is 38.0. The van der Waals surface area contributed by atoms with Crippen molar-refractivity contribution in [2.24, 2.45) is 45.3 Å². The molecule has 4 aliphatic rings. The molecule has 7 heteroatoms. The highest BCUT2D eigenvalue weighted by Crippen LogP contribution is 2.71. The molecule has 208 valence electrons. The van der Waals surface area contributed by atoms with Crippen molar-refractivity contribution in [2.75, 3.05) is 0 Å². The Morgan fingerprint density at radius 2 is 1.59 bits per heavy atom.